The van der Waals surface area contributed by atoms with Gasteiger partial charge in [-0.15, -0.1) is 0 Å². The van der Waals surface area contributed by atoms with Gasteiger partial charge >= 0.3 is 5.97 Å². The highest BCUT2D eigenvalue weighted by atomic mass is 16.5. The Hall–Kier alpha value is -1.18. The van der Waals surface area contributed by atoms with E-state index < -0.39 is 36.7 Å². The van der Waals surface area contributed by atoms with Crippen LogP contribution in [0.15, 0.2) is 0 Å². The van der Waals surface area contributed by atoms with Crippen LogP contribution in [-0.4, -0.2) is 56.0 Å². The third-order valence-electron chi connectivity index (χ3n) is 2.17. The Labute approximate surface area is 93.9 Å². The van der Waals surface area contributed by atoms with Gasteiger partial charge in [-0.2, -0.15) is 0 Å². The van der Waals surface area contributed by atoms with Crippen LogP contribution in [0, 0.1) is 0 Å². The maximum atomic E-state index is 11.5. The van der Waals surface area contributed by atoms with Crippen LogP contribution in [0.2, 0.25) is 0 Å². The van der Waals surface area contributed by atoms with Gasteiger partial charge in [0, 0.05) is 7.11 Å². The number of rotatable bonds is 6. The summed E-state index contributed by atoms with van der Waals surface area (Å²) in [4.78, 5) is 22.6. The predicted molar refractivity (Wildman–Crippen MR) is 55.5 cm³/mol. The molecule has 0 aliphatic carbocycles. The van der Waals surface area contributed by atoms with Gasteiger partial charge in [-0.25, -0.2) is 4.79 Å². The average molecular weight is 234 g/mol. The summed E-state index contributed by atoms with van der Waals surface area (Å²) in [5.74, 6) is -1.31. The van der Waals surface area contributed by atoms with Gasteiger partial charge in [0.1, 0.15) is 6.04 Å². The molecule has 0 fully saturated rings. The Bertz CT molecular complexity index is 246. The molecule has 0 saturated carbocycles. The Morgan fingerprint density at radius 1 is 1.44 bits per heavy atom. The Morgan fingerprint density at radius 2 is 2.00 bits per heavy atom. The fraction of sp³-hybridized carbons (Fsp3) is 0.778. The van der Waals surface area contributed by atoms with Crippen molar-refractivity contribution in [2.24, 2.45) is 5.73 Å². The third-order valence-corrected chi connectivity index (χ3v) is 2.17. The summed E-state index contributed by atoms with van der Waals surface area (Å²) in [6.07, 6.45) is -0.489. The summed E-state index contributed by atoms with van der Waals surface area (Å²) >= 11 is 0. The normalized spacial score (nSPS) is 16.1. The molecule has 0 aromatic carbocycles. The molecule has 0 unspecified atom stereocenters. The Kier molecular flexibility index (Phi) is 6.63. The lowest BCUT2D eigenvalue weighted by Gasteiger charge is -2.20. The number of methoxy groups -OCH3 is 2. The van der Waals surface area contributed by atoms with E-state index in [2.05, 4.69) is 10.1 Å². The molecule has 7 heteroatoms. The van der Waals surface area contributed by atoms with Crippen molar-refractivity contribution in [2.75, 3.05) is 20.8 Å². The van der Waals surface area contributed by atoms with E-state index in [1.165, 1.54) is 7.11 Å². The summed E-state index contributed by atoms with van der Waals surface area (Å²) < 4.78 is 9.26. The average Bonchev–Trinajstić information content (AvgIpc) is 2.32. The van der Waals surface area contributed by atoms with Gasteiger partial charge in [-0.05, 0) is 6.92 Å². The highest BCUT2D eigenvalue weighted by molar-refractivity contribution is 5.87. The number of amides is 1. The van der Waals surface area contributed by atoms with E-state index in [0.717, 1.165) is 7.11 Å². The predicted octanol–water partition coefficient (Wildman–Crippen LogP) is -2.00. The highest BCUT2D eigenvalue weighted by Gasteiger charge is 2.26. The molecule has 0 aliphatic heterocycles. The first-order chi connectivity index (χ1) is 7.47. The largest absolute Gasteiger partial charge is 0.467 e. The van der Waals surface area contributed by atoms with E-state index in [4.69, 9.17) is 15.6 Å². The molecule has 0 rings (SSSR count). The number of aliphatic hydroxyl groups is 1. The van der Waals surface area contributed by atoms with Crippen LogP contribution in [-0.2, 0) is 19.1 Å². The number of ether oxygens (including phenoxy) is 2. The van der Waals surface area contributed by atoms with E-state index in [9.17, 15) is 9.59 Å². The number of hydrogen-bond acceptors (Lipinski definition) is 6. The van der Waals surface area contributed by atoms with Gasteiger partial charge in [0.05, 0.1) is 19.8 Å². The molecule has 4 N–H and O–H groups in total. The first-order valence-corrected chi connectivity index (χ1v) is 4.75. The Morgan fingerprint density at radius 3 is 2.38 bits per heavy atom. The summed E-state index contributed by atoms with van der Waals surface area (Å²) in [6.45, 7) is 1.07. The first-order valence-electron chi connectivity index (χ1n) is 4.75. The molecule has 0 aliphatic rings. The second-order valence-electron chi connectivity index (χ2n) is 3.23. The molecule has 7 nitrogen and oxygen atoms in total. The van der Waals surface area contributed by atoms with Gasteiger partial charge in [0.15, 0.2) is 6.04 Å². The lowest BCUT2D eigenvalue weighted by molar-refractivity contribution is -0.146. The molecular formula is C9H18N2O5. The van der Waals surface area contributed by atoms with Gasteiger partial charge in [0.25, 0.3) is 0 Å². The minimum Gasteiger partial charge on any atom is -0.467 e. The van der Waals surface area contributed by atoms with Crippen molar-refractivity contribution in [1.29, 1.82) is 0 Å². The molecule has 1 amide bonds. The van der Waals surface area contributed by atoms with Crippen molar-refractivity contribution in [3.05, 3.63) is 0 Å². The number of nitrogens with one attached hydrogen (secondary N) is 1. The Balaban J connectivity index is 4.35. The van der Waals surface area contributed by atoms with Crippen molar-refractivity contribution in [3.8, 4) is 0 Å². The van der Waals surface area contributed by atoms with Crippen molar-refractivity contribution in [3.63, 3.8) is 0 Å². The van der Waals surface area contributed by atoms with Crippen LogP contribution in [0.1, 0.15) is 6.92 Å². The number of nitrogens with two attached hydrogens (primary N) is 1. The molecule has 16 heavy (non-hydrogen) atoms. The van der Waals surface area contributed by atoms with E-state index in [-0.39, 0.29) is 0 Å². The molecule has 0 saturated heterocycles. The lowest BCUT2D eigenvalue weighted by Crippen LogP contribution is -2.53. The fourth-order valence-electron chi connectivity index (χ4n) is 0.949. The molecule has 0 spiro atoms. The maximum Gasteiger partial charge on any atom is 0.330 e. The molecule has 0 heterocycles. The monoisotopic (exact) mass is 234 g/mol. The number of hydrogen-bond donors (Lipinski definition) is 3. The van der Waals surface area contributed by atoms with Crippen LogP contribution in [0.5, 0.6) is 0 Å². The summed E-state index contributed by atoms with van der Waals surface area (Å²) in [5, 5.41) is 11.1. The lowest BCUT2D eigenvalue weighted by atomic mass is 10.1. The second-order valence-corrected chi connectivity index (χ2v) is 3.23. The summed E-state index contributed by atoms with van der Waals surface area (Å²) in [5.41, 5.74) is 5.55. The highest BCUT2D eigenvalue weighted by Crippen LogP contribution is 1.96. The molecule has 0 radical (unpaired) electrons. The number of aliphatic hydroxyl groups excluding tert-OH is 1. The summed E-state index contributed by atoms with van der Waals surface area (Å²) in [7, 11) is 2.58. The van der Waals surface area contributed by atoms with E-state index in [0.29, 0.717) is 0 Å². The van der Waals surface area contributed by atoms with Crippen LogP contribution in [0.3, 0.4) is 0 Å². The van der Waals surface area contributed by atoms with E-state index in [1.807, 2.05) is 0 Å². The van der Waals surface area contributed by atoms with Crippen LogP contribution in [0.4, 0.5) is 0 Å². The van der Waals surface area contributed by atoms with Crippen LogP contribution < -0.4 is 11.1 Å². The van der Waals surface area contributed by atoms with Crippen molar-refractivity contribution >= 4 is 11.9 Å². The fourth-order valence-corrected chi connectivity index (χ4v) is 0.949. The minimum atomic E-state index is -1.10. The van der Waals surface area contributed by atoms with Gasteiger partial charge < -0.3 is 25.6 Å². The topological polar surface area (TPSA) is 111 Å². The zero-order valence-electron chi connectivity index (χ0n) is 9.60. The van der Waals surface area contributed by atoms with E-state index in [1.54, 1.807) is 6.92 Å². The van der Waals surface area contributed by atoms with Crippen molar-refractivity contribution in [2.45, 2.75) is 25.1 Å². The molecular weight excluding hydrogens is 216 g/mol. The second kappa shape index (κ2) is 7.15. The van der Waals surface area contributed by atoms with Crippen molar-refractivity contribution in [1.82, 2.24) is 5.32 Å². The number of esters is 1. The minimum absolute atomic E-state index is 0.489. The first kappa shape index (κ1) is 14.8. The van der Waals surface area contributed by atoms with Crippen molar-refractivity contribution < 1.29 is 24.2 Å². The smallest absolute Gasteiger partial charge is 0.330 e. The zero-order chi connectivity index (χ0) is 12.7. The van der Waals surface area contributed by atoms with Gasteiger partial charge in [0.2, 0.25) is 5.91 Å². The van der Waals surface area contributed by atoms with Crippen LogP contribution in [0.25, 0.3) is 0 Å². The molecule has 0 aromatic rings. The van der Waals surface area contributed by atoms with Crippen LogP contribution >= 0.6 is 0 Å². The molecule has 3 atom stereocenters. The number of carbonyl (C=O) groups is 2. The standard InChI is InChI=1S/C9H18N2O5/c1-5(15-2)7(10)8(13)11-6(4-12)9(14)16-3/h5-7,12H,4,10H2,1-3H3,(H,11,13)/t5-,6+,7+/m1/s1. The molecule has 0 bridgehead atoms. The zero-order valence-corrected chi connectivity index (χ0v) is 9.60. The third kappa shape index (κ3) is 4.13. The SMILES string of the molecule is COC(=O)[C@H](CO)NC(=O)[C@@H](N)[C@@H](C)OC. The van der Waals surface area contributed by atoms with Gasteiger partial charge in [-0.3, -0.25) is 4.79 Å². The maximum absolute atomic E-state index is 11.5. The van der Waals surface area contributed by atoms with Gasteiger partial charge in [-0.1, -0.05) is 0 Å². The molecule has 0 aromatic heterocycles. The quantitative estimate of drug-likeness (QED) is 0.458. The number of carbonyl (C=O) groups excluding carboxylic acids is 2. The van der Waals surface area contributed by atoms with E-state index >= 15 is 0 Å². The summed E-state index contributed by atoms with van der Waals surface area (Å²) in [6, 6.07) is -2.02. The molecule has 94 valence electrons.